The number of rotatable bonds is 6. The third kappa shape index (κ3) is 4.66. The van der Waals surface area contributed by atoms with Crippen molar-refractivity contribution in [2.24, 2.45) is 5.73 Å². The van der Waals surface area contributed by atoms with Gasteiger partial charge in [-0.15, -0.1) is 0 Å². The number of hydrogen-bond acceptors (Lipinski definition) is 4. The fourth-order valence-electron chi connectivity index (χ4n) is 1.28. The number of hydrogen-bond donors (Lipinski definition) is 2. The number of anilines is 1. The van der Waals surface area contributed by atoms with E-state index in [1.54, 1.807) is 6.20 Å². The third-order valence-electron chi connectivity index (χ3n) is 2.69. The van der Waals surface area contributed by atoms with Gasteiger partial charge < -0.3 is 16.0 Å². The average Bonchev–Trinajstić information content (AvgIpc) is 2.29. The number of nitrogens with two attached hydrogens (primary N) is 1. The second-order valence-electron chi connectivity index (χ2n) is 4.30. The van der Waals surface area contributed by atoms with Crippen molar-refractivity contribution < 1.29 is 0 Å². The summed E-state index contributed by atoms with van der Waals surface area (Å²) in [6, 6.07) is 4.33. The molecule has 0 aliphatic rings. The first-order chi connectivity index (χ1) is 8.00. The smallest absolute Gasteiger partial charge is 0.122 e. The number of pyridine rings is 1. The Morgan fingerprint density at radius 1 is 1.53 bits per heavy atom. The van der Waals surface area contributed by atoms with Crippen LogP contribution in [0.2, 0.25) is 0 Å². The highest BCUT2D eigenvalue weighted by atomic mass is 32.1. The van der Waals surface area contributed by atoms with Crippen LogP contribution in [0.25, 0.3) is 0 Å². The third-order valence-corrected chi connectivity index (χ3v) is 2.90. The Bertz CT molecular complexity index is 361. The van der Waals surface area contributed by atoms with Crippen LogP contribution < -0.4 is 11.1 Å². The first-order valence-corrected chi connectivity index (χ1v) is 6.11. The van der Waals surface area contributed by atoms with Gasteiger partial charge in [0.05, 0.1) is 17.6 Å². The van der Waals surface area contributed by atoms with E-state index in [0.717, 1.165) is 18.8 Å². The van der Waals surface area contributed by atoms with Crippen LogP contribution in [0.3, 0.4) is 0 Å². The second kappa shape index (κ2) is 6.51. The molecule has 0 atom stereocenters. The van der Waals surface area contributed by atoms with Crippen LogP contribution in [0.4, 0.5) is 5.69 Å². The summed E-state index contributed by atoms with van der Waals surface area (Å²) in [6.07, 6.45) is 1.75. The molecule has 0 saturated heterocycles. The summed E-state index contributed by atoms with van der Waals surface area (Å²) in [5.41, 5.74) is 7.12. The predicted molar refractivity (Wildman–Crippen MR) is 76.4 cm³/mol. The molecule has 1 rings (SSSR count). The van der Waals surface area contributed by atoms with Gasteiger partial charge in [-0.1, -0.05) is 12.2 Å². The zero-order valence-corrected chi connectivity index (χ0v) is 11.4. The average molecular weight is 252 g/mol. The van der Waals surface area contributed by atoms with Gasteiger partial charge in [-0.05, 0) is 33.0 Å². The molecule has 0 aliphatic heterocycles. The van der Waals surface area contributed by atoms with Gasteiger partial charge in [0.2, 0.25) is 0 Å². The number of thiocarbonyl (C=S) groups is 1. The standard InChI is InChI=1S/C12H20N4S/c1-9(2)16(3)7-6-14-10-4-5-11(12(13)17)15-8-10/h4-5,8-9,14H,6-7H2,1-3H3,(H2,13,17). The number of nitrogens with one attached hydrogen (secondary N) is 1. The van der Waals surface area contributed by atoms with Crippen molar-refractivity contribution in [3.8, 4) is 0 Å². The SMILES string of the molecule is CC(C)N(C)CCNc1ccc(C(N)=S)nc1. The van der Waals surface area contributed by atoms with E-state index >= 15 is 0 Å². The van der Waals surface area contributed by atoms with E-state index in [2.05, 4.69) is 36.1 Å². The quantitative estimate of drug-likeness (QED) is 0.751. The maximum atomic E-state index is 5.48. The Balaban J connectivity index is 2.40. The van der Waals surface area contributed by atoms with Crippen molar-refractivity contribution in [2.45, 2.75) is 19.9 Å². The van der Waals surface area contributed by atoms with Crippen molar-refractivity contribution >= 4 is 22.9 Å². The normalized spacial score (nSPS) is 10.9. The van der Waals surface area contributed by atoms with Gasteiger partial charge in [0.1, 0.15) is 4.99 Å². The summed E-state index contributed by atoms with van der Waals surface area (Å²) in [7, 11) is 2.11. The molecule has 5 heteroatoms. The summed E-state index contributed by atoms with van der Waals surface area (Å²) >= 11 is 4.84. The van der Waals surface area contributed by atoms with Gasteiger partial charge in [-0.2, -0.15) is 0 Å². The van der Waals surface area contributed by atoms with Crippen molar-refractivity contribution in [3.05, 3.63) is 24.0 Å². The molecule has 0 amide bonds. The molecule has 1 aromatic heterocycles. The molecule has 0 spiro atoms. The molecule has 1 aromatic rings. The Labute approximate surface area is 108 Å². The van der Waals surface area contributed by atoms with Crippen LogP contribution in [-0.2, 0) is 0 Å². The molecule has 0 aromatic carbocycles. The first kappa shape index (κ1) is 13.9. The van der Waals surface area contributed by atoms with Crippen LogP contribution in [0, 0.1) is 0 Å². The van der Waals surface area contributed by atoms with Gasteiger partial charge in [-0.25, -0.2) is 0 Å². The molecule has 0 aliphatic carbocycles. The molecular weight excluding hydrogens is 232 g/mol. The maximum absolute atomic E-state index is 5.48. The molecule has 0 fully saturated rings. The fourth-order valence-corrected chi connectivity index (χ4v) is 1.40. The molecule has 3 N–H and O–H groups in total. The molecular formula is C12H20N4S. The molecule has 0 saturated carbocycles. The minimum absolute atomic E-state index is 0.330. The molecule has 0 bridgehead atoms. The van der Waals surface area contributed by atoms with Crippen molar-refractivity contribution in [1.29, 1.82) is 0 Å². The van der Waals surface area contributed by atoms with Gasteiger partial charge in [0.15, 0.2) is 0 Å². The minimum atomic E-state index is 0.330. The number of nitrogens with zero attached hydrogens (tertiary/aromatic N) is 2. The summed E-state index contributed by atoms with van der Waals surface area (Å²) in [5, 5.41) is 3.31. The zero-order valence-electron chi connectivity index (χ0n) is 10.6. The molecule has 1 heterocycles. The number of aromatic nitrogens is 1. The summed E-state index contributed by atoms with van der Waals surface area (Å²) in [5.74, 6) is 0. The van der Waals surface area contributed by atoms with E-state index in [0.29, 0.717) is 16.7 Å². The highest BCUT2D eigenvalue weighted by Gasteiger charge is 2.02. The lowest BCUT2D eigenvalue weighted by Crippen LogP contribution is -2.31. The van der Waals surface area contributed by atoms with E-state index in [4.69, 9.17) is 18.0 Å². The zero-order chi connectivity index (χ0) is 12.8. The maximum Gasteiger partial charge on any atom is 0.122 e. The van der Waals surface area contributed by atoms with Gasteiger partial charge in [0.25, 0.3) is 0 Å². The lowest BCUT2D eigenvalue weighted by atomic mass is 10.3. The van der Waals surface area contributed by atoms with Gasteiger partial charge in [0, 0.05) is 19.1 Å². The van der Waals surface area contributed by atoms with Crippen LogP contribution in [0.1, 0.15) is 19.5 Å². The lowest BCUT2D eigenvalue weighted by Gasteiger charge is -2.21. The van der Waals surface area contributed by atoms with E-state index < -0.39 is 0 Å². The topological polar surface area (TPSA) is 54.2 Å². The molecule has 0 unspecified atom stereocenters. The Morgan fingerprint density at radius 3 is 2.71 bits per heavy atom. The predicted octanol–water partition coefficient (Wildman–Crippen LogP) is 1.47. The fraction of sp³-hybridized carbons (Fsp3) is 0.500. The second-order valence-corrected chi connectivity index (χ2v) is 4.74. The Kier molecular flexibility index (Phi) is 5.31. The van der Waals surface area contributed by atoms with Crippen LogP contribution in [-0.4, -0.2) is 41.1 Å². The van der Waals surface area contributed by atoms with Gasteiger partial charge in [-0.3, -0.25) is 4.98 Å². The van der Waals surface area contributed by atoms with E-state index in [-0.39, 0.29) is 0 Å². The van der Waals surface area contributed by atoms with Crippen LogP contribution >= 0.6 is 12.2 Å². The Morgan fingerprint density at radius 2 is 2.24 bits per heavy atom. The summed E-state index contributed by atoms with van der Waals surface area (Å²) in [6.45, 7) is 6.24. The molecule has 17 heavy (non-hydrogen) atoms. The van der Waals surface area contributed by atoms with Crippen LogP contribution in [0.5, 0.6) is 0 Å². The molecule has 4 nitrogen and oxygen atoms in total. The largest absolute Gasteiger partial charge is 0.388 e. The lowest BCUT2D eigenvalue weighted by molar-refractivity contribution is 0.284. The van der Waals surface area contributed by atoms with Crippen molar-refractivity contribution in [3.63, 3.8) is 0 Å². The summed E-state index contributed by atoms with van der Waals surface area (Å²) < 4.78 is 0. The van der Waals surface area contributed by atoms with E-state index in [1.807, 2.05) is 12.1 Å². The van der Waals surface area contributed by atoms with Crippen molar-refractivity contribution in [1.82, 2.24) is 9.88 Å². The highest BCUT2D eigenvalue weighted by Crippen LogP contribution is 2.05. The minimum Gasteiger partial charge on any atom is -0.388 e. The van der Waals surface area contributed by atoms with E-state index in [9.17, 15) is 0 Å². The van der Waals surface area contributed by atoms with Crippen molar-refractivity contribution in [2.75, 3.05) is 25.5 Å². The van der Waals surface area contributed by atoms with E-state index in [1.165, 1.54) is 0 Å². The monoisotopic (exact) mass is 252 g/mol. The number of likely N-dealkylation sites (N-methyl/N-ethyl adjacent to an activating group) is 1. The first-order valence-electron chi connectivity index (χ1n) is 5.70. The van der Waals surface area contributed by atoms with Crippen LogP contribution in [0.15, 0.2) is 18.3 Å². The highest BCUT2D eigenvalue weighted by molar-refractivity contribution is 7.80. The summed E-state index contributed by atoms with van der Waals surface area (Å²) in [4.78, 5) is 6.78. The molecule has 94 valence electrons. The van der Waals surface area contributed by atoms with Gasteiger partial charge >= 0.3 is 0 Å². The Hall–Kier alpha value is -1.20. The molecule has 0 radical (unpaired) electrons.